The fraction of sp³-hybridized carbons (Fsp3) is 0. The van der Waals surface area contributed by atoms with Crippen LogP contribution < -0.4 is 10.6 Å². The Kier molecular flexibility index (Phi) is 5.03. The van der Waals surface area contributed by atoms with Crippen molar-refractivity contribution in [1.82, 2.24) is 0 Å². The van der Waals surface area contributed by atoms with Crippen molar-refractivity contribution in [2.75, 3.05) is 4.90 Å². The molecule has 0 heterocycles. The number of anilines is 3. The van der Waals surface area contributed by atoms with Crippen LogP contribution >= 0.6 is 0 Å². The molecule has 0 saturated heterocycles. The summed E-state index contributed by atoms with van der Waals surface area (Å²) >= 11 is 0. The normalized spacial score (nSPS) is 10.3. The zero-order chi connectivity index (χ0) is 20.3. The number of nitro benzene ring substituents is 2. The van der Waals surface area contributed by atoms with Crippen LogP contribution in [0.3, 0.4) is 0 Å². The van der Waals surface area contributed by atoms with E-state index in [-0.39, 0.29) is 11.4 Å². The van der Waals surface area contributed by atoms with Gasteiger partial charge in [-0.05, 0) is 42.0 Å². The minimum atomic E-state index is -0.471. The maximum atomic E-state index is 10.9. The number of benzene rings is 3. The van der Waals surface area contributed by atoms with Gasteiger partial charge < -0.3 is 10.6 Å². The maximum absolute atomic E-state index is 10.9. The molecule has 0 aliphatic carbocycles. The van der Waals surface area contributed by atoms with Crippen LogP contribution in [0.25, 0.3) is 5.70 Å². The van der Waals surface area contributed by atoms with E-state index in [2.05, 4.69) is 6.58 Å². The molecule has 28 heavy (non-hydrogen) atoms. The highest BCUT2D eigenvalue weighted by Crippen LogP contribution is 2.36. The summed E-state index contributed by atoms with van der Waals surface area (Å²) < 4.78 is 0. The van der Waals surface area contributed by atoms with Crippen molar-refractivity contribution in [3.8, 4) is 0 Å². The minimum Gasteiger partial charge on any atom is -0.399 e. The van der Waals surface area contributed by atoms with Gasteiger partial charge in [-0.1, -0.05) is 18.7 Å². The summed E-state index contributed by atoms with van der Waals surface area (Å²) in [5.41, 5.74) is 8.96. The van der Waals surface area contributed by atoms with E-state index in [1.165, 1.54) is 24.3 Å². The molecule has 2 N–H and O–H groups in total. The summed E-state index contributed by atoms with van der Waals surface area (Å²) in [5, 5.41) is 21.9. The van der Waals surface area contributed by atoms with Crippen molar-refractivity contribution >= 4 is 34.1 Å². The van der Waals surface area contributed by atoms with Crippen LogP contribution in [0.5, 0.6) is 0 Å². The topological polar surface area (TPSA) is 116 Å². The molecule has 0 aromatic heterocycles. The fourth-order valence-corrected chi connectivity index (χ4v) is 2.72. The smallest absolute Gasteiger partial charge is 0.269 e. The van der Waals surface area contributed by atoms with E-state index in [0.717, 1.165) is 11.3 Å². The van der Waals surface area contributed by atoms with Crippen molar-refractivity contribution < 1.29 is 9.85 Å². The van der Waals surface area contributed by atoms with Gasteiger partial charge in [-0.3, -0.25) is 20.2 Å². The molecule has 3 aromatic carbocycles. The van der Waals surface area contributed by atoms with E-state index in [1.807, 2.05) is 17.0 Å². The number of nitrogens with two attached hydrogens (primary N) is 1. The Labute approximate surface area is 160 Å². The molecule has 140 valence electrons. The van der Waals surface area contributed by atoms with E-state index < -0.39 is 9.85 Å². The quantitative estimate of drug-likeness (QED) is 0.483. The van der Waals surface area contributed by atoms with Crippen molar-refractivity contribution in [2.24, 2.45) is 5.73 Å². The summed E-state index contributed by atoms with van der Waals surface area (Å²) in [7, 11) is 0. The van der Waals surface area contributed by atoms with Crippen LogP contribution in [0.4, 0.5) is 28.4 Å². The van der Waals surface area contributed by atoms with Crippen molar-refractivity contribution in [2.45, 2.75) is 0 Å². The van der Waals surface area contributed by atoms with Crippen LogP contribution in [-0.4, -0.2) is 9.85 Å². The zero-order valence-corrected chi connectivity index (χ0v) is 14.7. The number of hydrogen-bond donors (Lipinski definition) is 1. The van der Waals surface area contributed by atoms with Gasteiger partial charge in [-0.15, -0.1) is 0 Å². The molecule has 0 bridgehead atoms. The Bertz CT molecular complexity index is 893. The van der Waals surface area contributed by atoms with Crippen molar-refractivity contribution in [3.05, 3.63) is 105 Å². The molecule has 0 aliphatic heterocycles. The zero-order valence-electron chi connectivity index (χ0n) is 14.7. The predicted octanol–water partition coefficient (Wildman–Crippen LogP) is 4.90. The number of nitrogens with zero attached hydrogens (tertiary/aromatic N) is 3. The largest absolute Gasteiger partial charge is 0.399 e. The van der Waals surface area contributed by atoms with Gasteiger partial charge in [0.15, 0.2) is 0 Å². The van der Waals surface area contributed by atoms with Gasteiger partial charge in [-0.2, -0.15) is 0 Å². The van der Waals surface area contributed by atoms with Crippen LogP contribution in [-0.2, 0) is 0 Å². The predicted molar refractivity (Wildman–Crippen MR) is 108 cm³/mol. The standard InChI is InChI=1S/C20H16N4O4/c1-14(21)15-2-4-16(5-3-15)22(17-6-10-19(11-7-17)23(25)26)18-8-12-20(13-9-18)24(27)28/h2-13H,1,21H2. The molecule has 0 spiro atoms. The summed E-state index contributed by atoms with van der Waals surface area (Å²) in [4.78, 5) is 22.8. The van der Waals surface area contributed by atoms with E-state index in [9.17, 15) is 20.2 Å². The van der Waals surface area contributed by atoms with Crippen molar-refractivity contribution in [1.29, 1.82) is 0 Å². The van der Waals surface area contributed by atoms with E-state index in [1.54, 1.807) is 36.4 Å². The van der Waals surface area contributed by atoms with Crippen LogP contribution in [0.15, 0.2) is 79.4 Å². The number of nitro groups is 2. The third-order valence-electron chi connectivity index (χ3n) is 4.13. The monoisotopic (exact) mass is 376 g/mol. The van der Waals surface area contributed by atoms with E-state index in [4.69, 9.17) is 5.73 Å². The lowest BCUT2D eigenvalue weighted by molar-refractivity contribution is -0.385. The summed E-state index contributed by atoms with van der Waals surface area (Å²) in [5.74, 6) is 0. The van der Waals surface area contributed by atoms with Gasteiger partial charge in [0.2, 0.25) is 0 Å². The molecule has 0 fully saturated rings. The minimum absolute atomic E-state index is 0.0258. The SMILES string of the molecule is C=C(N)c1ccc(N(c2ccc([N+](=O)[O-])cc2)c2ccc([N+](=O)[O-])cc2)cc1. The van der Waals surface area contributed by atoms with Gasteiger partial charge in [-0.25, -0.2) is 0 Å². The lowest BCUT2D eigenvalue weighted by Crippen LogP contribution is -2.10. The van der Waals surface area contributed by atoms with Crippen LogP contribution in [0, 0.1) is 20.2 Å². The number of rotatable bonds is 6. The number of hydrogen-bond acceptors (Lipinski definition) is 6. The van der Waals surface area contributed by atoms with Gasteiger partial charge >= 0.3 is 0 Å². The number of non-ortho nitro benzene ring substituents is 2. The second kappa shape index (κ2) is 7.58. The average Bonchev–Trinajstić information content (AvgIpc) is 2.69. The summed E-state index contributed by atoms with van der Waals surface area (Å²) in [6, 6.07) is 19.4. The Morgan fingerprint density at radius 1 is 0.714 bits per heavy atom. The van der Waals surface area contributed by atoms with Crippen LogP contribution in [0.1, 0.15) is 5.56 Å². The first-order valence-corrected chi connectivity index (χ1v) is 8.20. The third kappa shape index (κ3) is 3.80. The third-order valence-corrected chi connectivity index (χ3v) is 4.13. The Hall–Kier alpha value is -4.20. The molecular weight excluding hydrogens is 360 g/mol. The lowest BCUT2D eigenvalue weighted by Gasteiger charge is -2.25. The molecule has 0 atom stereocenters. The summed E-state index contributed by atoms with van der Waals surface area (Å²) in [6.45, 7) is 3.71. The van der Waals surface area contributed by atoms with Crippen molar-refractivity contribution in [3.63, 3.8) is 0 Å². The first kappa shape index (κ1) is 18.6. The second-order valence-electron chi connectivity index (χ2n) is 5.95. The molecule has 8 nitrogen and oxygen atoms in total. The highest BCUT2D eigenvalue weighted by Gasteiger charge is 2.15. The highest BCUT2D eigenvalue weighted by atomic mass is 16.6. The Morgan fingerprint density at radius 3 is 1.32 bits per heavy atom. The highest BCUT2D eigenvalue weighted by molar-refractivity contribution is 5.78. The molecule has 0 unspecified atom stereocenters. The molecule has 0 saturated carbocycles. The molecule has 0 aliphatic rings. The maximum Gasteiger partial charge on any atom is 0.269 e. The summed E-state index contributed by atoms with van der Waals surface area (Å²) in [6.07, 6.45) is 0. The molecule has 0 amide bonds. The molecular formula is C20H16N4O4. The first-order valence-electron chi connectivity index (χ1n) is 8.20. The van der Waals surface area contributed by atoms with E-state index >= 15 is 0 Å². The molecule has 8 heteroatoms. The van der Waals surface area contributed by atoms with Gasteiger partial charge in [0.25, 0.3) is 11.4 Å². The van der Waals surface area contributed by atoms with Gasteiger partial charge in [0, 0.05) is 47.0 Å². The van der Waals surface area contributed by atoms with Gasteiger partial charge in [0.05, 0.1) is 9.85 Å². The average molecular weight is 376 g/mol. The molecule has 3 rings (SSSR count). The van der Waals surface area contributed by atoms with Crippen LogP contribution in [0.2, 0.25) is 0 Å². The van der Waals surface area contributed by atoms with Gasteiger partial charge in [0.1, 0.15) is 0 Å². The first-order chi connectivity index (χ1) is 13.4. The Balaban J connectivity index is 2.08. The second-order valence-corrected chi connectivity index (χ2v) is 5.95. The van der Waals surface area contributed by atoms with E-state index in [0.29, 0.717) is 17.1 Å². The Morgan fingerprint density at radius 2 is 1.04 bits per heavy atom. The fourth-order valence-electron chi connectivity index (χ4n) is 2.72. The molecule has 3 aromatic rings. The lowest BCUT2D eigenvalue weighted by atomic mass is 10.1. The molecule has 0 radical (unpaired) electrons.